The van der Waals surface area contributed by atoms with E-state index in [9.17, 15) is 33.8 Å². The number of H-pyrrole nitrogens is 2. The molecule has 0 aromatic carbocycles. The molecule has 3 aliphatic rings. The highest BCUT2D eigenvalue weighted by molar-refractivity contribution is 9.10. The first-order chi connectivity index (χ1) is 23.1. The van der Waals surface area contributed by atoms with Crippen molar-refractivity contribution in [2.24, 2.45) is 0 Å². The number of halogens is 2. The lowest BCUT2D eigenvalue weighted by Gasteiger charge is -2.32. The van der Waals surface area contributed by atoms with E-state index in [-0.39, 0.29) is 43.7 Å². The molecular formula is C21H23Br2N10O14P2-. The zero-order chi connectivity index (χ0) is 35.2. The Morgan fingerprint density at radius 1 is 0.837 bits per heavy atom. The quantitative estimate of drug-likeness (QED) is 0.101. The molecule has 0 saturated carbocycles. The topological polar surface area (TPSA) is 341 Å². The molecule has 4 aromatic rings. The van der Waals surface area contributed by atoms with Gasteiger partial charge in [-0.3, -0.25) is 46.8 Å². The number of nitrogens with one attached hydrogen (secondary N) is 2. The number of phosphoric acid groups is 2. The van der Waals surface area contributed by atoms with E-state index in [1.807, 2.05) is 0 Å². The molecule has 24 nitrogen and oxygen atoms in total. The van der Waals surface area contributed by atoms with Gasteiger partial charge in [-0.05, 0) is 31.9 Å². The number of hydrogen-bond acceptors (Lipinski definition) is 20. The first kappa shape index (κ1) is 34.8. The predicted octanol–water partition coefficient (Wildman–Crippen LogP) is -1.50. The molecule has 3 fully saturated rings. The van der Waals surface area contributed by atoms with Crippen LogP contribution in [0.2, 0.25) is 0 Å². The fourth-order valence-electron chi connectivity index (χ4n) is 5.58. The minimum absolute atomic E-state index is 0.0503. The molecular weight excluding hydrogens is 838 g/mol. The number of anilines is 2. The van der Waals surface area contributed by atoms with Gasteiger partial charge >= 0.3 is 7.82 Å². The smallest absolute Gasteiger partial charge is 0.475 e. The van der Waals surface area contributed by atoms with Gasteiger partial charge in [-0.1, -0.05) is 0 Å². The summed E-state index contributed by atoms with van der Waals surface area (Å²) in [7, 11) is -9.05. The Bertz CT molecular complexity index is 2180. The molecule has 0 aliphatic carbocycles. The lowest BCUT2D eigenvalue weighted by molar-refractivity contribution is -0.236. The summed E-state index contributed by atoms with van der Waals surface area (Å²) in [6.07, 6.45) is -13.1. The van der Waals surface area contributed by atoms with Gasteiger partial charge < -0.3 is 45.1 Å². The predicted molar refractivity (Wildman–Crippen MR) is 164 cm³/mol. The number of aliphatic hydroxyl groups excluding tert-OH is 2. The lowest BCUT2D eigenvalue weighted by atomic mass is 10.1. The maximum atomic E-state index is 13.8. The van der Waals surface area contributed by atoms with Crippen molar-refractivity contribution in [2.45, 2.75) is 49.1 Å². The van der Waals surface area contributed by atoms with E-state index in [1.165, 1.54) is 0 Å². The molecule has 8 N–H and O–H groups in total. The minimum Gasteiger partial charge on any atom is -0.756 e. The number of nitrogen functional groups attached to an aromatic ring is 2. The fraction of sp³-hybridized carbons (Fsp3) is 0.524. The molecule has 4 aromatic heterocycles. The van der Waals surface area contributed by atoms with Crippen molar-refractivity contribution in [2.75, 3.05) is 31.8 Å². The maximum Gasteiger partial charge on any atom is 0.475 e. The molecule has 0 spiro atoms. The largest absolute Gasteiger partial charge is 0.756 e. The molecule has 4 unspecified atom stereocenters. The number of phosphoric ester groups is 2. The van der Waals surface area contributed by atoms with Gasteiger partial charge in [0.15, 0.2) is 44.3 Å². The number of fused-ring (bicyclic) bond motifs is 4. The van der Waals surface area contributed by atoms with Crippen LogP contribution in [-0.4, -0.2) is 106 Å². The van der Waals surface area contributed by atoms with Gasteiger partial charge in [0.05, 0.1) is 13.2 Å². The standard InChI is InChI=1S/C21H24Br2N10O14P2/c1-41-49(40)43-3-5-10(8(34)16(45-5)32-12-6(26-18(32)22)14(36)30-20(24)28-12)46-48(38,39)42-2-4-11(47-49)9(35)17(44-4)33-13-7(27-19(33)23)15(37)31-21(25)29-13/h4-5,8-11,16-17,34-35H,2-3H2,1H3,(H,38,39)(H3,24,28,30,36)(H3,25,29,31,37)/p-1/t4-,5-,8+,9?,10?,11+,16-,17-,49?/m1/s1. The lowest BCUT2D eigenvalue weighted by Crippen LogP contribution is -2.40. The van der Waals surface area contributed by atoms with Crippen LogP contribution in [0.4, 0.5) is 11.9 Å². The molecule has 3 saturated heterocycles. The van der Waals surface area contributed by atoms with Gasteiger partial charge in [0.25, 0.3) is 18.9 Å². The fourth-order valence-corrected chi connectivity index (χ4v) is 8.76. The van der Waals surface area contributed by atoms with Crippen LogP contribution in [0.25, 0.3) is 22.3 Å². The van der Waals surface area contributed by atoms with E-state index < -0.39 is 89.1 Å². The number of nitrogens with two attached hydrogens (primary N) is 2. The zero-order valence-corrected chi connectivity index (χ0v) is 29.3. The Morgan fingerprint density at radius 3 is 1.76 bits per heavy atom. The highest BCUT2D eigenvalue weighted by atomic mass is 79.9. The summed E-state index contributed by atoms with van der Waals surface area (Å²) in [5.41, 5.74) is 9.31. The number of nitrogens with zero attached hydrogens (tertiary/aromatic N) is 6. The van der Waals surface area contributed by atoms with E-state index in [0.29, 0.717) is 0 Å². The number of aromatic amines is 2. The Labute approximate surface area is 287 Å². The average molecular weight is 861 g/mol. The number of aromatic nitrogens is 8. The molecule has 0 bridgehead atoms. The number of hydrogen-bond donors (Lipinski definition) is 6. The Hall–Kier alpha value is -2.68. The number of imidazole rings is 2. The summed E-state index contributed by atoms with van der Waals surface area (Å²) in [4.78, 5) is 58.7. The normalized spacial score (nSPS) is 35.6. The van der Waals surface area contributed by atoms with Gasteiger partial charge in [0, 0.05) is 7.11 Å². The van der Waals surface area contributed by atoms with Crippen molar-refractivity contribution in [1.82, 2.24) is 39.0 Å². The summed E-state index contributed by atoms with van der Waals surface area (Å²) >= 11 is 6.34. The second kappa shape index (κ2) is 12.5. The summed E-state index contributed by atoms with van der Waals surface area (Å²) in [5, 5.41) is 22.7. The molecule has 7 heterocycles. The van der Waals surface area contributed by atoms with Crippen LogP contribution in [-0.2, 0) is 41.2 Å². The average Bonchev–Trinajstić information content (AvgIpc) is 3.72. The number of ether oxygens (including phenoxy) is 2. The third-order valence-corrected chi connectivity index (χ3v) is 11.2. The molecule has 7 rings (SSSR count). The van der Waals surface area contributed by atoms with Crippen LogP contribution in [0.5, 0.6) is 0 Å². The van der Waals surface area contributed by atoms with Gasteiger partial charge in [-0.2, -0.15) is 9.97 Å². The summed E-state index contributed by atoms with van der Waals surface area (Å²) in [6.45, 7) is -1.68. The first-order valence-electron chi connectivity index (χ1n) is 13.8. The van der Waals surface area contributed by atoms with Crippen LogP contribution in [0.3, 0.4) is 0 Å². The SMILES string of the molecule is COP1(=O)OC[C@H]2O[C@@H](n3c(Br)nc4c(=O)[nH]c(N)nc43)[C@@H](O)C2OP(=O)([O-])OC[C@H]2O[C@@H](n3c(Br)nc4c(=O)[nH]c(N)nc43)C(O)[C@H]2O1. The molecule has 266 valence electrons. The molecule has 3 aliphatic heterocycles. The third kappa shape index (κ3) is 6.08. The second-order valence-electron chi connectivity index (χ2n) is 10.7. The van der Waals surface area contributed by atoms with Crippen molar-refractivity contribution in [3.63, 3.8) is 0 Å². The van der Waals surface area contributed by atoms with E-state index in [2.05, 4.69) is 61.8 Å². The van der Waals surface area contributed by atoms with E-state index >= 15 is 0 Å². The van der Waals surface area contributed by atoms with Crippen molar-refractivity contribution >= 4 is 81.7 Å². The Balaban J connectivity index is 1.21. The van der Waals surface area contributed by atoms with Crippen LogP contribution < -0.4 is 27.5 Å². The molecule has 49 heavy (non-hydrogen) atoms. The third-order valence-electron chi connectivity index (χ3n) is 7.70. The van der Waals surface area contributed by atoms with E-state index in [4.69, 9.17) is 43.6 Å². The molecule has 10 atom stereocenters. The summed E-state index contributed by atoms with van der Waals surface area (Å²) in [5.74, 6) is -0.577. The van der Waals surface area contributed by atoms with Gasteiger partial charge in [0.2, 0.25) is 11.9 Å². The van der Waals surface area contributed by atoms with Gasteiger partial charge in [0.1, 0.15) is 36.6 Å². The van der Waals surface area contributed by atoms with Gasteiger partial charge in [-0.25, -0.2) is 14.5 Å². The van der Waals surface area contributed by atoms with Crippen LogP contribution >= 0.6 is 47.5 Å². The van der Waals surface area contributed by atoms with Crippen LogP contribution in [0.15, 0.2) is 19.1 Å². The van der Waals surface area contributed by atoms with Crippen molar-refractivity contribution < 1.29 is 56.3 Å². The van der Waals surface area contributed by atoms with E-state index in [0.717, 1.165) is 16.2 Å². The summed E-state index contributed by atoms with van der Waals surface area (Å²) < 4.78 is 67.3. The van der Waals surface area contributed by atoms with Gasteiger partial charge in [-0.15, -0.1) is 0 Å². The Morgan fingerprint density at radius 2 is 1.29 bits per heavy atom. The molecule has 0 amide bonds. The Kier molecular flexibility index (Phi) is 8.88. The minimum atomic E-state index is -5.37. The second-order valence-corrected chi connectivity index (χ2v) is 15.2. The first-order valence-corrected chi connectivity index (χ1v) is 18.3. The van der Waals surface area contributed by atoms with Crippen molar-refractivity contribution in [1.29, 1.82) is 0 Å². The zero-order valence-electron chi connectivity index (χ0n) is 24.3. The number of rotatable bonds is 3. The maximum absolute atomic E-state index is 13.8. The van der Waals surface area contributed by atoms with Crippen molar-refractivity contribution in [3.05, 3.63) is 30.2 Å². The molecule has 28 heteroatoms. The van der Waals surface area contributed by atoms with Crippen LogP contribution in [0, 0.1) is 0 Å². The molecule has 0 radical (unpaired) electrons. The highest BCUT2D eigenvalue weighted by Gasteiger charge is 2.53. The van der Waals surface area contributed by atoms with E-state index in [1.54, 1.807) is 0 Å². The monoisotopic (exact) mass is 859 g/mol. The highest BCUT2D eigenvalue weighted by Crippen LogP contribution is 2.55. The number of aliphatic hydroxyl groups is 2. The summed E-state index contributed by atoms with van der Waals surface area (Å²) in [6, 6.07) is 0. The van der Waals surface area contributed by atoms with Crippen molar-refractivity contribution in [3.8, 4) is 0 Å². The van der Waals surface area contributed by atoms with Crippen LogP contribution in [0.1, 0.15) is 12.5 Å².